The van der Waals surface area contributed by atoms with Crippen LogP contribution in [0.2, 0.25) is 0 Å². The van der Waals surface area contributed by atoms with Crippen molar-refractivity contribution in [2.45, 2.75) is 39.4 Å². The highest BCUT2D eigenvalue weighted by atomic mass is 19.4. The zero-order chi connectivity index (χ0) is 19.3. The monoisotopic (exact) mass is 369 g/mol. The van der Waals surface area contributed by atoms with Crippen molar-refractivity contribution < 1.29 is 27.1 Å². The highest BCUT2D eigenvalue weighted by Gasteiger charge is 2.33. The van der Waals surface area contributed by atoms with Crippen molar-refractivity contribution in [2.75, 3.05) is 13.2 Å². The molecule has 4 nitrogen and oxygen atoms in total. The molecule has 0 bridgehead atoms. The Kier molecular flexibility index (Phi) is 6.34. The predicted octanol–water partition coefficient (Wildman–Crippen LogP) is 4.68. The average Bonchev–Trinajstić information content (AvgIpc) is 3.04. The zero-order valence-corrected chi connectivity index (χ0v) is 15.0. The molecule has 0 unspecified atom stereocenters. The third kappa shape index (κ3) is 5.82. The zero-order valence-electron chi connectivity index (χ0n) is 15.0. The molecule has 0 radical (unpaired) electrons. The Morgan fingerprint density at radius 1 is 1.27 bits per heavy atom. The number of benzene rings is 1. The van der Waals surface area contributed by atoms with Gasteiger partial charge in [-0.3, -0.25) is 4.79 Å². The van der Waals surface area contributed by atoms with Crippen LogP contribution >= 0.6 is 0 Å². The minimum absolute atomic E-state index is 0.264. The molecule has 1 heterocycles. The van der Waals surface area contributed by atoms with E-state index in [1.54, 1.807) is 6.07 Å². The summed E-state index contributed by atoms with van der Waals surface area (Å²) in [7, 11) is 0. The Morgan fingerprint density at radius 2 is 2.00 bits per heavy atom. The van der Waals surface area contributed by atoms with E-state index in [9.17, 15) is 18.0 Å². The van der Waals surface area contributed by atoms with Gasteiger partial charge in [0.25, 0.3) is 5.91 Å². The number of ether oxygens (including phenoxy) is 1. The van der Waals surface area contributed by atoms with Crippen LogP contribution in [0.5, 0.6) is 5.75 Å². The van der Waals surface area contributed by atoms with Gasteiger partial charge in [-0.1, -0.05) is 26.0 Å². The molecule has 142 valence electrons. The fourth-order valence-electron chi connectivity index (χ4n) is 2.40. The lowest BCUT2D eigenvalue weighted by molar-refractivity contribution is -0.164. The Hall–Kier alpha value is -2.44. The molecule has 1 aromatic carbocycles. The Bertz CT molecular complexity index is 724. The number of carbonyl (C=O) groups excluding carboxylic acids is 1. The highest BCUT2D eigenvalue weighted by molar-refractivity contribution is 5.77. The maximum atomic E-state index is 12.8. The number of hydrogen-bond acceptors (Lipinski definition) is 3. The summed E-state index contributed by atoms with van der Waals surface area (Å²) >= 11 is 0. The number of halogens is 3. The van der Waals surface area contributed by atoms with Gasteiger partial charge < -0.3 is 14.1 Å². The van der Waals surface area contributed by atoms with Gasteiger partial charge in [-0.05, 0) is 42.2 Å². The smallest absolute Gasteiger partial charge is 0.406 e. The summed E-state index contributed by atoms with van der Waals surface area (Å²) in [6.07, 6.45) is -3.15. The van der Waals surface area contributed by atoms with Crippen LogP contribution in [0.1, 0.15) is 36.7 Å². The second-order valence-electron chi connectivity index (χ2n) is 6.41. The maximum Gasteiger partial charge on any atom is 0.406 e. The summed E-state index contributed by atoms with van der Waals surface area (Å²) in [6.45, 7) is 3.77. The number of furan rings is 1. The van der Waals surface area contributed by atoms with Gasteiger partial charge in [0.2, 0.25) is 0 Å². The normalized spacial score (nSPS) is 11.7. The second kappa shape index (κ2) is 8.29. The SMILES string of the molecule is Cc1ccc(C(C)C)cc1OCC(=O)N(Cc1ccco1)CC(F)(F)F. The molecule has 0 spiro atoms. The van der Waals surface area contributed by atoms with Gasteiger partial charge in [-0.15, -0.1) is 0 Å². The fraction of sp³-hybridized carbons (Fsp3) is 0.421. The van der Waals surface area contributed by atoms with Crippen molar-refractivity contribution >= 4 is 5.91 Å². The Balaban J connectivity index is 2.08. The molecule has 0 fully saturated rings. The first-order valence-corrected chi connectivity index (χ1v) is 8.26. The molecule has 26 heavy (non-hydrogen) atoms. The molecule has 0 saturated carbocycles. The number of hydrogen-bond donors (Lipinski definition) is 0. The van der Waals surface area contributed by atoms with Crippen LogP contribution in [-0.4, -0.2) is 30.1 Å². The van der Waals surface area contributed by atoms with E-state index >= 15 is 0 Å². The maximum absolute atomic E-state index is 12.8. The Labute approximate surface area is 150 Å². The quantitative estimate of drug-likeness (QED) is 0.712. The Morgan fingerprint density at radius 3 is 2.58 bits per heavy atom. The lowest BCUT2D eigenvalue weighted by Gasteiger charge is -2.23. The molecule has 0 aliphatic rings. The van der Waals surface area contributed by atoms with Crippen LogP contribution in [0.25, 0.3) is 0 Å². The molecule has 2 aromatic rings. The van der Waals surface area contributed by atoms with Crippen molar-refractivity contribution in [3.63, 3.8) is 0 Å². The number of amides is 1. The minimum Gasteiger partial charge on any atom is -0.483 e. The number of aryl methyl sites for hydroxylation is 1. The first kappa shape index (κ1) is 19.9. The first-order chi connectivity index (χ1) is 12.2. The number of nitrogens with zero attached hydrogens (tertiary/aromatic N) is 1. The molecular formula is C19H22F3NO3. The van der Waals surface area contributed by atoms with Crippen molar-refractivity contribution in [1.82, 2.24) is 4.90 Å². The van der Waals surface area contributed by atoms with E-state index in [0.717, 1.165) is 11.1 Å². The summed E-state index contributed by atoms with van der Waals surface area (Å²) in [5.41, 5.74) is 1.84. The van der Waals surface area contributed by atoms with E-state index in [4.69, 9.17) is 9.15 Å². The summed E-state index contributed by atoms with van der Waals surface area (Å²) in [5, 5.41) is 0. The summed E-state index contributed by atoms with van der Waals surface area (Å²) < 4.78 is 49.0. The predicted molar refractivity (Wildman–Crippen MR) is 90.9 cm³/mol. The van der Waals surface area contributed by atoms with Crippen molar-refractivity contribution in [1.29, 1.82) is 0 Å². The van der Waals surface area contributed by atoms with Crippen LogP contribution in [0, 0.1) is 6.92 Å². The lowest BCUT2D eigenvalue weighted by atomic mass is 10.0. The summed E-state index contributed by atoms with van der Waals surface area (Å²) in [6, 6.07) is 8.72. The third-order valence-corrected chi connectivity index (χ3v) is 3.88. The average molecular weight is 369 g/mol. The fourth-order valence-corrected chi connectivity index (χ4v) is 2.40. The van der Waals surface area contributed by atoms with Gasteiger partial charge in [0.1, 0.15) is 18.1 Å². The molecule has 1 amide bonds. The molecule has 1 aromatic heterocycles. The van der Waals surface area contributed by atoms with Crippen LogP contribution in [0.15, 0.2) is 41.0 Å². The van der Waals surface area contributed by atoms with E-state index in [1.165, 1.54) is 12.3 Å². The van der Waals surface area contributed by atoms with Crippen LogP contribution < -0.4 is 4.74 Å². The van der Waals surface area contributed by atoms with E-state index in [2.05, 4.69) is 0 Å². The summed E-state index contributed by atoms with van der Waals surface area (Å²) in [4.78, 5) is 13.0. The van der Waals surface area contributed by atoms with Gasteiger partial charge in [0, 0.05) is 0 Å². The summed E-state index contributed by atoms with van der Waals surface area (Å²) in [5.74, 6) is 0.289. The van der Waals surface area contributed by atoms with E-state index < -0.39 is 25.2 Å². The first-order valence-electron chi connectivity index (χ1n) is 8.26. The molecule has 2 rings (SSSR count). The molecule has 0 aliphatic heterocycles. The largest absolute Gasteiger partial charge is 0.483 e. The van der Waals surface area contributed by atoms with E-state index in [0.29, 0.717) is 10.6 Å². The standard InChI is InChI=1S/C19H22F3NO3/c1-13(2)15-7-6-14(3)17(9-15)26-11-18(24)23(12-19(20,21)22)10-16-5-4-8-25-16/h4-9,13H,10-12H2,1-3H3. The van der Waals surface area contributed by atoms with Gasteiger partial charge in [0.05, 0.1) is 12.8 Å². The number of rotatable bonds is 7. The molecule has 0 aliphatic carbocycles. The van der Waals surface area contributed by atoms with Crippen LogP contribution in [-0.2, 0) is 11.3 Å². The number of carbonyl (C=O) groups is 1. The second-order valence-corrected chi connectivity index (χ2v) is 6.41. The van der Waals surface area contributed by atoms with Gasteiger partial charge in [0.15, 0.2) is 6.61 Å². The topological polar surface area (TPSA) is 42.7 Å². The van der Waals surface area contributed by atoms with Gasteiger partial charge in [-0.2, -0.15) is 13.2 Å². The van der Waals surface area contributed by atoms with E-state index in [-0.39, 0.29) is 18.2 Å². The minimum atomic E-state index is -4.50. The molecule has 0 saturated heterocycles. The van der Waals surface area contributed by atoms with Crippen molar-refractivity contribution in [3.8, 4) is 5.75 Å². The third-order valence-electron chi connectivity index (χ3n) is 3.88. The highest BCUT2D eigenvalue weighted by Crippen LogP contribution is 2.25. The lowest BCUT2D eigenvalue weighted by Crippen LogP contribution is -2.40. The van der Waals surface area contributed by atoms with E-state index in [1.807, 2.05) is 39.0 Å². The van der Waals surface area contributed by atoms with Crippen LogP contribution in [0.3, 0.4) is 0 Å². The van der Waals surface area contributed by atoms with Crippen LogP contribution in [0.4, 0.5) is 13.2 Å². The number of alkyl halides is 3. The molecular weight excluding hydrogens is 347 g/mol. The van der Waals surface area contributed by atoms with Crippen molar-refractivity contribution in [3.05, 3.63) is 53.5 Å². The van der Waals surface area contributed by atoms with Gasteiger partial charge in [-0.25, -0.2) is 0 Å². The van der Waals surface area contributed by atoms with Gasteiger partial charge >= 0.3 is 6.18 Å². The molecule has 7 heteroatoms. The van der Waals surface area contributed by atoms with Crippen molar-refractivity contribution in [2.24, 2.45) is 0 Å². The molecule has 0 N–H and O–H groups in total. The molecule has 0 atom stereocenters.